The molecule has 3 aromatic heterocycles. The normalized spacial score (nSPS) is 13.7. The van der Waals surface area contributed by atoms with Gasteiger partial charge in [0.1, 0.15) is 22.6 Å². The molecule has 0 saturated heterocycles. The van der Waals surface area contributed by atoms with E-state index in [2.05, 4.69) is 58.4 Å². The summed E-state index contributed by atoms with van der Waals surface area (Å²) in [5, 5.41) is 0. The second-order valence-corrected chi connectivity index (χ2v) is 11.6. The molecule has 8 nitrogen and oxygen atoms in total. The van der Waals surface area contributed by atoms with Gasteiger partial charge in [-0.25, -0.2) is 29.9 Å². The maximum Gasteiger partial charge on any atom is 0.160 e. The number of unbranched alkanes of at least 4 members (excludes halogenated alkanes) is 1. The molecule has 0 radical (unpaired) electrons. The third-order valence-corrected chi connectivity index (χ3v) is 7.97. The average Bonchev–Trinajstić information content (AvgIpc) is 3.58. The van der Waals surface area contributed by atoms with Crippen molar-refractivity contribution in [3.63, 3.8) is 0 Å². The van der Waals surface area contributed by atoms with Gasteiger partial charge in [-0.2, -0.15) is 0 Å². The van der Waals surface area contributed by atoms with Crippen molar-refractivity contribution in [1.29, 1.82) is 0 Å². The lowest BCUT2D eigenvalue weighted by atomic mass is 10.0. The number of aromatic nitrogens is 8. The Hall–Kier alpha value is -3.68. The molecule has 3 aromatic rings. The van der Waals surface area contributed by atoms with Crippen LogP contribution in [0.2, 0.25) is 0 Å². The first-order valence-corrected chi connectivity index (χ1v) is 14.8. The summed E-state index contributed by atoms with van der Waals surface area (Å²) in [5.41, 5.74) is 11.0. The summed E-state index contributed by atoms with van der Waals surface area (Å²) in [6.07, 6.45) is 7.01. The van der Waals surface area contributed by atoms with E-state index in [0.717, 1.165) is 113 Å². The maximum atomic E-state index is 5.16. The molecule has 0 aromatic carbocycles. The SMILES string of the molecule is CCCCC1=C(C)c2nc1nc1cc(C)c(nc3nc(nc4[nH]c(n2)c(C)c4CCC(C)C)C(CCC)=C3C)[nH]1. The molecule has 5 heterocycles. The summed E-state index contributed by atoms with van der Waals surface area (Å²) in [4.78, 5) is 37.1. The first kappa shape index (κ1) is 27.9. The highest BCUT2D eigenvalue weighted by Gasteiger charge is 2.22. The van der Waals surface area contributed by atoms with Crippen molar-refractivity contribution in [2.75, 3.05) is 0 Å². The maximum absolute atomic E-state index is 5.16. The molecule has 2 N–H and O–H groups in total. The molecule has 5 rings (SSSR count). The van der Waals surface area contributed by atoms with Crippen molar-refractivity contribution < 1.29 is 0 Å². The quantitative estimate of drug-likeness (QED) is 0.301. The molecule has 0 aliphatic carbocycles. The van der Waals surface area contributed by atoms with E-state index in [0.29, 0.717) is 17.6 Å². The van der Waals surface area contributed by atoms with E-state index < -0.39 is 0 Å². The van der Waals surface area contributed by atoms with E-state index in [1.807, 2.05) is 13.0 Å². The fourth-order valence-electron chi connectivity index (χ4n) is 5.40. The fourth-order valence-corrected chi connectivity index (χ4v) is 5.40. The van der Waals surface area contributed by atoms with Gasteiger partial charge in [-0.15, -0.1) is 0 Å². The Morgan fingerprint density at radius 1 is 0.650 bits per heavy atom. The second-order valence-electron chi connectivity index (χ2n) is 11.6. The monoisotopic (exact) mass is 538 g/mol. The topological polar surface area (TPSA) is 109 Å². The first-order chi connectivity index (χ1) is 19.2. The highest BCUT2D eigenvalue weighted by atomic mass is 15.1. The van der Waals surface area contributed by atoms with Gasteiger partial charge in [0.2, 0.25) is 0 Å². The number of allylic oxidation sites excluding steroid dienone is 4. The molecule has 8 heteroatoms. The zero-order chi connectivity index (χ0) is 28.6. The summed E-state index contributed by atoms with van der Waals surface area (Å²) in [5.74, 6) is 3.48. The average molecular weight is 539 g/mol. The van der Waals surface area contributed by atoms with Gasteiger partial charge in [0.25, 0.3) is 0 Å². The predicted molar refractivity (Wildman–Crippen MR) is 164 cm³/mol. The summed E-state index contributed by atoms with van der Waals surface area (Å²) in [6, 6.07) is 2.03. The van der Waals surface area contributed by atoms with Crippen LogP contribution in [0.5, 0.6) is 0 Å². The summed E-state index contributed by atoms with van der Waals surface area (Å²) in [6.45, 7) is 17.3. The van der Waals surface area contributed by atoms with Gasteiger partial charge in [-0.05, 0) is 82.9 Å². The number of fused-ring (bicyclic) bond motifs is 8. The highest BCUT2D eigenvalue weighted by Crippen LogP contribution is 2.33. The minimum atomic E-state index is 0.586. The van der Waals surface area contributed by atoms with Crippen LogP contribution in [0.4, 0.5) is 0 Å². The van der Waals surface area contributed by atoms with Crippen molar-refractivity contribution in [2.45, 2.75) is 100 Å². The van der Waals surface area contributed by atoms with Gasteiger partial charge in [-0.3, -0.25) is 0 Å². The van der Waals surface area contributed by atoms with Crippen LogP contribution in [0.15, 0.2) is 6.07 Å². The number of nitrogens with one attached hydrogen (secondary N) is 2. The van der Waals surface area contributed by atoms with Gasteiger partial charge in [0.05, 0.1) is 0 Å². The number of aromatic amines is 2. The van der Waals surface area contributed by atoms with Crippen LogP contribution in [0.3, 0.4) is 0 Å². The standard InChI is InChI=1S/C32H42N8/c1-9-11-13-23-20(7)28-36-29-21(8)24(15-14-17(3)4)32(39-29)40-31-22(12-10-2)19(6)27(38-31)35-26-18(5)16-25(33-26)34-30(23)37-28/h16-17H,9-15H2,1-8H3,(H2,33,34,35,36,37,38,39,40). The Morgan fingerprint density at radius 2 is 1.27 bits per heavy atom. The zero-order valence-corrected chi connectivity index (χ0v) is 25.3. The molecular weight excluding hydrogens is 496 g/mol. The van der Waals surface area contributed by atoms with Crippen LogP contribution in [0.25, 0.3) is 44.9 Å². The van der Waals surface area contributed by atoms with Crippen molar-refractivity contribution in [3.8, 4) is 0 Å². The lowest BCUT2D eigenvalue weighted by molar-refractivity contribution is 0.587. The van der Waals surface area contributed by atoms with E-state index in [1.165, 1.54) is 5.56 Å². The van der Waals surface area contributed by atoms with Crippen LogP contribution < -0.4 is 0 Å². The Morgan fingerprint density at radius 3 is 1.93 bits per heavy atom. The van der Waals surface area contributed by atoms with Crippen molar-refractivity contribution in [3.05, 3.63) is 46.1 Å². The van der Waals surface area contributed by atoms with E-state index in [-0.39, 0.29) is 0 Å². The Labute approximate surface area is 237 Å². The highest BCUT2D eigenvalue weighted by molar-refractivity contribution is 5.90. The van der Waals surface area contributed by atoms with Crippen LogP contribution in [0, 0.1) is 19.8 Å². The minimum Gasteiger partial charge on any atom is -0.325 e. The Bertz CT molecular complexity index is 1670. The van der Waals surface area contributed by atoms with E-state index in [9.17, 15) is 0 Å². The summed E-state index contributed by atoms with van der Waals surface area (Å²) < 4.78 is 0. The van der Waals surface area contributed by atoms with Crippen LogP contribution in [0.1, 0.15) is 120 Å². The van der Waals surface area contributed by atoms with Gasteiger partial charge in [-0.1, -0.05) is 40.5 Å². The molecule has 0 fully saturated rings. The number of aryl methyl sites for hydroxylation is 3. The molecule has 40 heavy (non-hydrogen) atoms. The lowest BCUT2D eigenvalue weighted by Crippen LogP contribution is -1.95. The third kappa shape index (κ3) is 5.36. The van der Waals surface area contributed by atoms with Gasteiger partial charge in [0, 0.05) is 27.9 Å². The summed E-state index contributed by atoms with van der Waals surface area (Å²) >= 11 is 0. The molecule has 210 valence electrons. The summed E-state index contributed by atoms with van der Waals surface area (Å²) in [7, 11) is 0. The van der Waals surface area contributed by atoms with Gasteiger partial charge < -0.3 is 9.97 Å². The Balaban J connectivity index is 1.88. The molecule has 0 saturated carbocycles. The molecule has 2 aliphatic heterocycles. The zero-order valence-electron chi connectivity index (χ0n) is 25.3. The molecule has 2 aliphatic rings. The second kappa shape index (κ2) is 11.4. The number of nitrogens with zero attached hydrogens (tertiary/aromatic N) is 6. The molecule has 0 unspecified atom stereocenters. The van der Waals surface area contributed by atoms with E-state index in [1.54, 1.807) is 0 Å². The van der Waals surface area contributed by atoms with Crippen molar-refractivity contribution in [1.82, 2.24) is 39.9 Å². The molecule has 0 atom stereocenters. The molecule has 0 spiro atoms. The van der Waals surface area contributed by atoms with Gasteiger partial charge in [0.15, 0.2) is 23.3 Å². The smallest absolute Gasteiger partial charge is 0.160 e. The number of hydrogen-bond acceptors (Lipinski definition) is 6. The predicted octanol–water partition coefficient (Wildman–Crippen LogP) is 7.95. The molecular formula is C32H42N8. The van der Waals surface area contributed by atoms with Crippen LogP contribution in [-0.2, 0) is 6.42 Å². The molecule has 8 bridgehead atoms. The third-order valence-electron chi connectivity index (χ3n) is 7.97. The van der Waals surface area contributed by atoms with Crippen molar-refractivity contribution in [2.24, 2.45) is 5.92 Å². The largest absolute Gasteiger partial charge is 0.325 e. The van der Waals surface area contributed by atoms with Crippen LogP contribution >= 0.6 is 0 Å². The number of rotatable bonds is 8. The number of hydrogen-bond donors (Lipinski definition) is 2. The first-order valence-electron chi connectivity index (χ1n) is 14.8. The number of H-pyrrole nitrogens is 2. The van der Waals surface area contributed by atoms with Crippen LogP contribution in [-0.4, -0.2) is 39.9 Å². The van der Waals surface area contributed by atoms with Gasteiger partial charge >= 0.3 is 0 Å². The van der Waals surface area contributed by atoms with E-state index in [4.69, 9.17) is 29.9 Å². The Kier molecular flexibility index (Phi) is 7.97. The minimum absolute atomic E-state index is 0.586. The fraction of sp³-hybridized carbons (Fsp3) is 0.500. The van der Waals surface area contributed by atoms with Crippen molar-refractivity contribution >= 4 is 44.9 Å². The lowest BCUT2D eigenvalue weighted by Gasteiger charge is -2.04. The molecule has 0 amide bonds. The van der Waals surface area contributed by atoms with E-state index >= 15 is 0 Å².